The van der Waals surface area contributed by atoms with Crippen LogP contribution in [0.25, 0.3) is 0 Å². The smallest absolute Gasteiger partial charge is 0.0327 e. The van der Waals surface area contributed by atoms with Gasteiger partial charge in [-0.1, -0.05) is 6.92 Å². The summed E-state index contributed by atoms with van der Waals surface area (Å²) < 4.78 is 0. The van der Waals surface area contributed by atoms with Gasteiger partial charge in [0.2, 0.25) is 0 Å². The molecule has 2 N–H and O–H groups in total. The summed E-state index contributed by atoms with van der Waals surface area (Å²) in [6, 6.07) is 5.13. The van der Waals surface area contributed by atoms with Crippen molar-refractivity contribution in [1.29, 1.82) is 0 Å². The van der Waals surface area contributed by atoms with Gasteiger partial charge in [-0.25, -0.2) is 0 Å². The Kier molecular flexibility index (Phi) is 5.18. The fourth-order valence-corrected chi connectivity index (χ4v) is 3.63. The highest BCUT2D eigenvalue weighted by Gasteiger charge is 2.21. The lowest BCUT2D eigenvalue weighted by Gasteiger charge is -2.36. The number of piperidine rings is 1. The first-order valence-corrected chi connectivity index (χ1v) is 7.74. The average molecular weight is 267 g/mol. The van der Waals surface area contributed by atoms with Crippen molar-refractivity contribution in [3.63, 3.8) is 0 Å². The molecule has 1 aliphatic rings. The molecule has 0 radical (unpaired) electrons. The monoisotopic (exact) mass is 267 g/mol. The summed E-state index contributed by atoms with van der Waals surface area (Å²) in [5.74, 6) is 0. The fourth-order valence-electron chi connectivity index (χ4n) is 2.67. The number of hydrogen-bond donors (Lipinski definition) is 1. The summed E-state index contributed by atoms with van der Waals surface area (Å²) >= 11 is 1.85. The largest absolute Gasteiger partial charge is 0.326 e. The van der Waals surface area contributed by atoms with Crippen molar-refractivity contribution in [2.45, 2.75) is 38.9 Å². The second-order valence-electron chi connectivity index (χ2n) is 5.15. The van der Waals surface area contributed by atoms with Crippen molar-refractivity contribution in [3.05, 3.63) is 21.9 Å². The Labute approximate surface area is 115 Å². The first kappa shape index (κ1) is 14.0. The second kappa shape index (κ2) is 6.66. The Morgan fingerprint density at radius 1 is 1.33 bits per heavy atom. The first-order valence-electron chi connectivity index (χ1n) is 6.93. The molecule has 1 fully saturated rings. The van der Waals surface area contributed by atoms with Gasteiger partial charge in [0, 0.05) is 28.9 Å². The Bertz CT molecular complexity index is 356. The lowest BCUT2D eigenvalue weighted by molar-refractivity contribution is 0.128. The van der Waals surface area contributed by atoms with Gasteiger partial charge in [-0.2, -0.15) is 0 Å². The molecule has 18 heavy (non-hydrogen) atoms. The Hall–Kier alpha value is -0.420. The molecule has 4 heteroatoms. The molecule has 0 unspecified atom stereocenters. The predicted octanol–water partition coefficient (Wildman–Crippen LogP) is 2.12. The molecule has 0 aromatic carbocycles. The third kappa shape index (κ3) is 3.54. The van der Waals surface area contributed by atoms with Crippen molar-refractivity contribution in [2.24, 2.45) is 5.73 Å². The number of rotatable bonds is 5. The van der Waals surface area contributed by atoms with Crippen LogP contribution in [-0.4, -0.2) is 42.5 Å². The topological polar surface area (TPSA) is 32.5 Å². The molecular weight excluding hydrogens is 242 g/mol. The van der Waals surface area contributed by atoms with Gasteiger partial charge in [-0.3, -0.25) is 4.90 Å². The van der Waals surface area contributed by atoms with E-state index in [1.54, 1.807) is 0 Å². The molecule has 0 aliphatic carbocycles. The third-order valence-electron chi connectivity index (χ3n) is 3.95. The summed E-state index contributed by atoms with van der Waals surface area (Å²) in [6.45, 7) is 7.70. The Morgan fingerprint density at radius 2 is 2.00 bits per heavy atom. The second-order valence-corrected chi connectivity index (χ2v) is 6.41. The van der Waals surface area contributed by atoms with Crippen molar-refractivity contribution < 1.29 is 0 Å². The maximum atomic E-state index is 5.66. The van der Waals surface area contributed by atoms with Crippen LogP contribution >= 0.6 is 11.3 Å². The van der Waals surface area contributed by atoms with Gasteiger partial charge in [0.25, 0.3) is 0 Å². The van der Waals surface area contributed by atoms with Gasteiger partial charge < -0.3 is 10.6 Å². The van der Waals surface area contributed by atoms with Gasteiger partial charge in [0.05, 0.1) is 0 Å². The standard InChI is InChI=1S/C14H25N3S/c1-3-17-8-6-12(7-9-17)16(2)11-14-5-4-13(10-15)18-14/h4-5,12H,3,6-11,15H2,1-2H3. The molecule has 102 valence electrons. The van der Waals surface area contributed by atoms with Gasteiger partial charge >= 0.3 is 0 Å². The van der Waals surface area contributed by atoms with Crippen LogP contribution in [0.2, 0.25) is 0 Å². The number of likely N-dealkylation sites (tertiary alicyclic amines) is 1. The summed E-state index contributed by atoms with van der Waals surface area (Å²) in [4.78, 5) is 7.79. The van der Waals surface area contributed by atoms with E-state index in [0.717, 1.165) is 12.6 Å². The molecule has 0 spiro atoms. The van der Waals surface area contributed by atoms with Crippen molar-refractivity contribution in [3.8, 4) is 0 Å². The summed E-state index contributed by atoms with van der Waals surface area (Å²) in [6.07, 6.45) is 2.61. The van der Waals surface area contributed by atoms with Crippen molar-refractivity contribution in [2.75, 3.05) is 26.7 Å². The molecule has 1 aromatic rings. The van der Waals surface area contributed by atoms with E-state index in [-0.39, 0.29) is 0 Å². The molecule has 1 aliphatic heterocycles. The molecule has 0 amide bonds. The maximum absolute atomic E-state index is 5.66. The molecule has 1 saturated heterocycles. The normalized spacial score (nSPS) is 18.7. The van der Waals surface area contributed by atoms with Crippen LogP contribution in [-0.2, 0) is 13.1 Å². The molecule has 1 aromatic heterocycles. The van der Waals surface area contributed by atoms with E-state index in [0.29, 0.717) is 6.54 Å². The van der Waals surface area contributed by atoms with Crippen LogP contribution in [0.3, 0.4) is 0 Å². The van der Waals surface area contributed by atoms with E-state index in [1.165, 1.54) is 42.2 Å². The molecule has 3 nitrogen and oxygen atoms in total. The average Bonchev–Trinajstić information content (AvgIpc) is 2.86. The third-order valence-corrected chi connectivity index (χ3v) is 5.04. The number of thiophene rings is 1. The van der Waals surface area contributed by atoms with E-state index in [1.807, 2.05) is 11.3 Å². The number of nitrogens with two attached hydrogens (primary N) is 1. The zero-order valence-corrected chi connectivity index (χ0v) is 12.4. The minimum Gasteiger partial charge on any atom is -0.326 e. The predicted molar refractivity (Wildman–Crippen MR) is 78.8 cm³/mol. The highest BCUT2D eigenvalue weighted by Crippen LogP contribution is 2.21. The zero-order valence-electron chi connectivity index (χ0n) is 11.6. The minimum atomic E-state index is 0.670. The number of nitrogens with zero attached hydrogens (tertiary/aromatic N) is 2. The van der Waals surface area contributed by atoms with Crippen LogP contribution in [0.4, 0.5) is 0 Å². The summed E-state index contributed by atoms with van der Waals surface area (Å²) in [7, 11) is 2.26. The molecular formula is C14H25N3S. The first-order chi connectivity index (χ1) is 8.72. The van der Waals surface area contributed by atoms with E-state index in [9.17, 15) is 0 Å². The summed E-state index contributed by atoms with van der Waals surface area (Å²) in [5, 5.41) is 0. The van der Waals surface area contributed by atoms with Crippen LogP contribution in [0.15, 0.2) is 12.1 Å². The highest BCUT2D eigenvalue weighted by atomic mass is 32.1. The fraction of sp³-hybridized carbons (Fsp3) is 0.714. The molecule has 2 heterocycles. The van der Waals surface area contributed by atoms with E-state index in [4.69, 9.17) is 5.73 Å². The molecule has 0 saturated carbocycles. The van der Waals surface area contributed by atoms with Gasteiger partial charge in [0.15, 0.2) is 0 Å². The lowest BCUT2D eigenvalue weighted by atomic mass is 10.0. The lowest BCUT2D eigenvalue weighted by Crippen LogP contribution is -2.42. The van der Waals surface area contributed by atoms with Gasteiger partial charge in [0.1, 0.15) is 0 Å². The molecule has 2 rings (SSSR count). The van der Waals surface area contributed by atoms with E-state index < -0.39 is 0 Å². The number of hydrogen-bond acceptors (Lipinski definition) is 4. The van der Waals surface area contributed by atoms with Gasteiger partial charge in [-0.15, -0.1) is 11.3 Å². The molecule has 0 atom stereocenters. The quantitative estimate of drug-likeness (QED) is 0.887. The SMILES string of the molecule is CCN1CCC(N(C)Cc2ccc(CN)s2)CC1. The zero-order chi connectivity index (χ0) is 13.0. The van der Waals surface area contributed by atoms with Crippen LogP contribution in [0, 0.1) is 0 Å². The van der Waals surface area contributed by atoms with Crippen molar-refractivity contribution in [1.82, 2.24) is 9.80 Å². The molecule has 0 bridgehead atoms. The minimum absolute atomic E-state index is 0.670. The van der Waals surface area contributed by atoms with E-state index >= 15 is 0 Å². The van der Waals surface area contributed by atoms with E-state index in [2.05, 4.69) is 35.9 Å². The Balaban J connectivity index is 1.82. The van der Waals surface area contributed by atoms with Crippen molar-refractivity contribution >= 4 is 11.3 Å². The highest BCUT2D eigenvalue weighted by molar-refractivity contribution is 7.11. The van der Waals surface area contributed by atoms with Gasteiger partial charge in [-0.05, 0) is 51.7 Å². The summed E-state index contributed by atoms with van der Waals surface area (Å²) in [5.41, 5.74) is 5.66. The van der Waals surface area contributed by atoms with Crippen LogP contribution < -0.4 is 5.73 Å². The van der Waals surface area contributed by atoms with Crippen LogP contribution in [0.5, 0.6) is 0 Å². The maximum Gasteiger partial charge on any atom is 0.0327 e. The van der Waals surface area contributed by atoms with Crippen LogP contribution in [0.1, 0.15) is 29.5 Å². The Morgan fingerprint density at radius 3 is 2.56 bits per heavy atom.